The largest absolute Gasteiger partial charge is 0.478 e. The standard InChI is InChI=1S/C10H18N2O/c1-7(2)9-6-13-10(12-9)8-4-3-5-11-8/h7-9,11H,3-6H2,1-2H3/t8-,9+/m0/s1. The van der Waals surface area contributed by atoms with Crippen molar-refractivity contribution < 1.29 is 4.74 Å². The molecule has 1 saturated heterocycles. The molecule has 0 unspecified atom stereocenters. The van der Waals surface area contributed by atoms with Crippen LogP contribution in [0.15, 0.2) is 4.99 Å². The maximum Gasteiger partial charge on any atom is 0.201 e. The van der Waals surface area contributed by atoms with Crippen LogP contribution >= 0.6 is 0 Å². The molecule has 0 aliphatic carbocycles. The highest BCUT2D eigenvalue weighted by Crippen LogP contribution is 2.18. The van der Waals surface area contributed by atoms with Gasteiger partial charge in [0, 0.05) is 0 Å². The SMILES string of the molecule is CC(C)[C@H]1COC([C@@H]2CCCN2)=N1. The van der Waals surface area contributed by atoms with E-state index >= 15 is 0 Å². The van der Waals surface area contributed by atoms with Gasteiger partial charge in [0.15, 0.2) is 0 Å². The molecule has 74 valence electrons. The van der Waals surface area contributed by atoms with Crippen molar-refractivity contribution in [2.24, 2.45) is 10.9 Å². The molecule has 0 aromatic heterocycles. The molecule has 0 bridgehead atoms. The molecule has 0 radical (unpaired) electrons. The molecular formula is C10H18N2O. The summed E-state index contributed by atoms with van der Waals surface area (Å²) in [6.45, 7) is 6.29. The molecule has 1 fully saturated rings. The normalized spacial score (nSPS) is 33.6. The number of nitrogens with one attached hydrogen (secondary N) is 1. The summed E-state index contributed by atoms with van der Waals surface area (Å²) < 4.78 is 5.60. The highest BCUT2D eigenvalue weighted by atomic mass is 16.5. The van der Waals surface area contributed by atoms with Gasteiger partial charge < -0.3 is 10.1 Å². The summed E-state index contributed by atoms with van der Waals surface area (Å²) >= 11 is 0. The second kappa shape index (κ2) is 3.66. The van der Waals surface area contributed by atoms with Crippen molar-refractivity contribution in [1.82, 2.24) is 5.32 Å². The van der Waals surface area contributed by atoms with Crippen molar-refractivity contribution in [2.45, 2.75) is 38.8 Å². The maximum atomic E-state index is 5.60. The summed E-state index contributed by atoms with van der Waals surface area (Å²) in [7, 11) is 0. The Morgan fingerprint density at radius 2 is 2.38 bits per heavy atom. The van der Waals surface area contributed by atoms with Gasteiger partial charge in [-0.05, 0) is 25.3 Å². The molecule has 3 heteroatoms. The average molecular weight is 182 g/mol. The third-order valence-electron chi connectivity index (χ3n) is 2.82. The molecule has 3 nitrogen and oxygen atoms in total. The molecule has 1 N–H and O–H groups in total. The lowest BCUT2D eigenvalue weighted by atomic mass is 10.1. The third kappa shape index (κ3) is 1.85. The van der Waals surface area contributed by atoms with Crippen molar-refractivity contribution in [3.63, 3.8) is 0 Å². The van der Waals surface area contributed by atoms with Crippen molar-refractivity contribution in [2.75, 3.05) is 13.2 Å². The Labute approximate surface area is 79.6 Å². The first kappa shape index (κ1) is 9.00. The van der Waals surface area contributed by atoms with Gasteiger partial charge in [-0.25, -0.2) is 4.99 Å². The Kier molecular flexibility index (Phi) is 2.54. The Hall–Kier alpha value is -0.570. The number of rotatable bonds is 2. The van der Waals surface area contributed by atoms with Gasteiger partial charge in [-0.1, -0.05) is 13.8 Å². The number of nitrogens with zero attached hydrogens (tertiary/aromatic N) is 1. The van der Waals surface area contributed by atoms with E-state index in [4.69, 9.17) is 4.74 Å². The zero-order chi connectivity index (χ0) is 9.26. The third-order valence-corrected chi connectivity index (χ3v) is 2.82. The van der Waals surface area contributed by atoms with E-state index in [-0.39, 0.29) is 0 Å². The highest BCUT2D eigenvalue weighted by Gasteiger charge is 2.28. The van der Waals surface area contributed by atoms with Crippen molar-refractivity contribution in [3.05, 3.63) is 0 Å². The van der Waals surface area contributed by atoms with Crippen molar-refractivity contribution in [1.29, 1.82) is 0 Å². The minimum Gasteiger partial charge on any atom is -0.478 e. The maximum absolute atomic E-state index is 5.60. The molecular weight excluding hydrogens is 164 g/mol. The molecule has 2 heterocycles. The monoisotopic (exact) mass is 182 g/mol. The molecule has 0 aromatic carbocycles. The van der Waals surface area contributed by atoms with Crippen LogP contribution in [0.5, 0.6) is 0 Å². The van der Waals surface area contributed by atoms with Gasteiger partial charge >= 0.3 is 0 Å². The van der Waals surface area contributed by atoms with Crippen LogP contribution in [0.2, 0.25) is 0 Å². The fourth-order valence-corrected chi connectivity index (χ4v) is 1.84. The van der Waals surface area contributed by atoms with Gasteiger partial charge in [-0.2, -0.15) is 0 Å². The van der Waals surface area contributed by atoms with E-state index in [1.54, 1.807) is 0 Å². The molecule has 0 saturated carbocycles. The predicted molar refractivity (Wildman–Crippen MR) is 53.0 cm³/mol. The molecule has 2 aliphatic rings. The lowest BCUT2D eigenvalue weighted by Crippen LogP contribution is -2.30. The zero-order valence-electron chi connectivity index (χ0n) is 8.42. The van der Waals surface area contributed by atoms with Crippen LogP contribution in [-0.2, 0) is 4.74 Å². The molecule has 0 amide bonds. The summed E-state index contributed by atoms with van der Waals surface area (Å²) in [6, 6.07) is 0.793. The number of hydrogen-bond acceptors (Lipinski definition) is 3. The molecule has 2 rings (SSSR count). The highest BCUT2D eigenvalue weighted by molar-refractivity contribution is 5.83. The lowest BCUT2D eigenvalue weighted by molar-refractivity contribution is 0.281. The zero-order valence-corrected chi connectivity index (χ0v) is 8.42. The first-order valence-corrected chi connectivity index (χ1v) is 5.21. The lowest BCUT2D eigenvalue weighted by Gasteiger charge is -2.08. The quantitative estimate of drug-likeness (QED) is 0.696. The Balaban J connectivity index is 1.97. The Morgan fingerprint density at radius 1 is 1.54 bits per heavy atom. The van der Waals surface area contributed by atoms with Crippen LogP contribution in [0.25, 0.3) is 0 Å². The van der Waals surface area contributed by atoms with Crippen LogP contribution in [0.4, 0.5) is 0 Å². The van der Waals surface area contributed by atoms with E-state index in [1.807, 2.05) is 0 Å². The summed E-state index contributed by atoms with van der Waals surface area (Å²) in [6.07, 6.45) is 2.43. The molecule has 13 heavy (non-hydrogen) atoms. The minimum atomic E-state index is 0.386. The first-order valence-electron chi connectivity index (χ1n) is 5.21. The van der Waals surface area contributed by atoms with Crippen molar-refractivity contribution >= 4 is 5.90 Å². The van der Waals surface area contributed by atoms with Crippen molar-refractivity contribution in [3.8, 4) is 0 Å². The number of ether oxygens (including phenoxy) is 1. The second-order valence-corrected chi connectivity index (χ2v) is 4.24. The van der Waals surface area contributed by atoms with E-state index in [0.29, 0.717) is 18.0 Å². The van der Waals surface area contributed by atoms with Gasteiger partial charge in [-0.15, -0.1) is 0 Å². The molecule has 2 atom stereocenters. The van der Waals surface area contributed by atoms with Crippen LogP contribution in [0.3, 0.4) is 0 Å². The fraction of sp³-hybridized carbons (Fsp3) is 0.900. The van der Waals surface area contributed by atoms with Crippen LogP contribution in [0, 0.1) is 5.92 Å². The summed E-state index contributed by atoms with van der Waals surface area (Å²) in [4.78, 5) is 4.60. The van der Waals surface area contributed by atoms with E-state index in [2.05, 4.69) is 24.2 Å². The number of aliphatic imine (C=N–C) groups is 1. The topological polar surface area (TPSA) is 33.6 Å². The summed E-state index contributed by atoms with van der Waals surface area (Å²) in [5.41, 5.74) is 0. The second-order valence-electron chi connectivity index (χ2n) is 4.24. The fourth-order valence-electron chi connectivity index (χ4n) is 1.84. The van der Waals surface area contributed by atoms with E-state index in [9.17, 15) is 0 Å². The van der Waals surface area contributed by atoms with Gasteiger partial charge in [0.1, 0.15) is 6.61 Å². The molecule has 2 aliphatic heterocycles. The Morgan fingerprint density at radius 3 is 2.92 bits per heavy atom. The van der Waals surface area contributed by atoms with Crippen LogP contribution < -0.4 is 5.32 Å². The summed E-state index contributed by atoms with van der Waals surface area (Å²) in [5.74, 6) is 1.55. The van der Waals surface area contributed by atoms with E-state index in [1.165, 1.54) is 12.8 Å². The van der Waals surface area contributed by atoms with Gasteiger partial charge in [-0.3, -0.25) is 0 Å². The molecule has 0 spiro atoms. The van der Waals surface area contributed by atoms with E-state index < -0.39 is 0 Å². The minimum absolute atomic E-state index is 0.386. The Bertz CT molecular complexity index is 207. The first-order chi connectivity index (χ1) is 6.27. The van der Waals surface area contributed by atoms with Gasteiger partial charge in [0.25, 0.3) is 0 Å². The van der Waals surface area contributed by atoms with Crippen LogP contribution in [0.1, 0.15) is 26.7 Å². The van der Waals surface area contributed by atoms with Gasteiger partial charge in [0.05, 0.1) is 12.1 Å². The predicted octanol–water partition coefficient (Wildman–Crippen LogP) is 1.19. The van der Waals surface area contributed by atoms with Crippen LogP contribution in [-0.4, -0.2) is 31.1 Å². The summed E-state index contributed by atoms with van der Waals surface area (Å²) in [5, 5.41) is 3.40. The van der Waals surface area contributed by atoms with Gasteiger partial charge in [0.2, 0.25) is 5.90 Å². The molecule has 0 aromatic rings. The smallest absolute Gasteiger partial charge is 0.201 e. The number of hydrogen-bond donors (Lipinski definition) is 1. The van der Waals surface area contributed by atoms with E-state index in [0.717, 1.165) is 19.0 Å². The average Bonchev–Trinajstić information content (AvgIpc) is 2.75.